The summed E-state index contributed by atoms with van der Waals surface area (Å²) in [5.74, 6) is -0.0601. The third-order valence-electron chi connectivity index (χ3n) is 2.85. The van der Waals surface area contributed by atoms with Gasteiger partial charge in [-0.1, -0.05) is 17.7 Å². The van der Waals surface area contributed by atoms with Crippen LogP contribution in [0.2, 0.25) is 5.02 Å². The fraction of sp³-hybridized carbons (Fsp3) is 0.143. The Labute approximate surface area is 131 Å². The van der Waals surface area contributed by atoms with Crippen LogP contribution in [-0.2, 0) is 15.7 Å². The van der Waals surface area contributed by atoms with Crippen molar-refractivity contribution >= 4 is 31.3 Å². The minimum Gasteiger partial charge on any atom is -0.489 e. The predicted octanol–water partition coefficient (Wildman–Crippen LogP) is 4.29. The average Bonchev–Trinajstić information content (AvgIpc) is 2.36. The van der Waals surface area contributed by atoms with Gasteiger partial charge in [-0.15, -0.1) is 0 Å². The van der Waals surface area contributed by atoms with Gasteiger partial charge in [-0.25, -0.2) is 12.8 Å². The molecule has 0 amide bonds. The topological polar surface area (TPSA) is 43.4 Å². The summed E-state index contributed by atoms with van der Waals surface area (Å²) < 4.78 is 41.6. The zero-order valence-electron chi connectivity index (χ0n) is 10.9. The molecule has 21 heavy (non-hydrogen) atoms. The van der Waals surface area contributed by atoms with Crippen LogP contribution in [0.3, 0.4) is 0 Å². The number of hydrogen-bond acceptors (Lipinski definition) is 3. The Morgan fingerprint density at radius 1 is 1.24 bits per heavy atom. The zero-order chi connectivity index (χ0) is 15.6. The lowest BCUT2D eigenvalue weighted by atomic mass is 10.2. The van der Waals surface area contributed by atoms with Crippen molar-refractivity contribution in [2.24, 2.45) is 0 Å². The van der Waals surface area contributed by atoms with Gasteiger partial charge in [-0.2, -0.15) is 0 Å². The maximum Gasteiger partial charge on any atom is 0.261 e. The smallest absolute Gasteiger partial charge is 0.261 e. The van der Waals surface area contributed by atoms with Crippen LogP contribution in [0.5, 0.6) is 5.75 Å². The highest BCUT2D eigenvalue weighted by Gasteiger charge is 2.14. The standard InChI is InChI=1S/C14H11Cl2FO3S/c1-9-7-10(5-6-14(9)21(16,18)19)20-8-11-12(15)3-2-4-13(11)17/h2-7H,8H2,1H3. The van der Waals surface area contributed by atoms with E-state index in [-0.39, 0.29) is 22.1 Å². The Balaban J connectivity index is 2.20. The number of ether oxygens (including phenoxy) is 1. The molecule has 0 N–H and O–H groups in total. The first-order chi connectivity index (χ1) is 9.79. The van der Waals surface area contributed by atoms with Gasteiger partial charge in [0.15, 0.2) is 0 Å². The van der Waals surface area contributed by atoms with Crippen molar-refractivity contribution < 1.29 is 17.5 Å². The molecule has 7 heteroatoms. The Morgan fingerprint density at radius 2 is 1.95 bits per heavy atom. The number of benzene rings is 2. The number of rotatable bonds is 4. The van der Waals surface area contributed by atoms with Crippen LogP contribution < -0.4 is 4.74 Å². The SMILES string of the molecule is Cc1cc(OCc2c(F)cccc2Cl)ccc1S(=O)(=O)Cl. The molecule has 0 aliphatic carbocycles. The summed E-state index contributed by atoms with van der Waals surface area (Å²) in [4.78, 5) is 0.0143. The quantitative estimate of drug-likeness (QED) is 0.774. The van der Waals surface area contributed by atoms with Crippen molar-refractivity contribution in [3.05, 3.63) is 58.4 Å². The second-order valence-electron chi connectivity index (χ2n) is 4.35. The lowest BCUT2D eigenvalue weighted by molar-refractivity contribution is 0.299. The Kier molecular flexibility index (Phi) is 4.76. The third kappa shape index (κ3) is 3.87. The number of hydrogen-bond donors (Lipinski definition) is 0. The predicted molar refractivity (Wildman–Crippen MR) is 80.0 cm³/mol. The second kappa shape index (κ2) is 6.22. The van der Waals surface area contributed by atoms with Gasteiger partial charge in [-0.3, -0.25) is 0 Å². The maximum atomic E-state index is 13.6. The molecular formula is C14H11Cl2FO3S. The molecule has 0 saturated heterocycles. The van der Waals surface area contributed by atoms with Gasteiger partial charge in [0.1, 0.15) is 18.2 Å². The van der Waals surface area contributed by atoms with Gasteiger partial charge in [-0.05, 0) is 42.8 Å². The molecule has 0 heterocycles. The molecule has 2 aromatic carbocycles. The molecule has 0 fully saturated rings. The van der Waals surface area contributed by atoms with Gasteiger partial charge in [0.2, 0.25) is 0 Å². The molecule has 0 saturated carbocycles. The van der Waals surface area contributed by atoms with E-state index in [1.54, 1.807) is 13.0 Å². The van der Waals surface area contributed by atoms with Crippen molar-refractivity contribution in [1.29, 1.82) is 0 Å². The Bertz CT molecular complexity index is 756. The van der Waals surface area contributed by atoms with Crippen LogP contribution in [0.25, 0.3) is 0 Å². The molecule has 2 aromatic rings. The summed E-state index contributed by atoms with van der Waals surface area (Å²) in [5, 5.41) is 0.270. The Hall–Kier alpha value is -1.30. The fourth-order valence-corrected chi connectivity index (χ4v) is 3.22. The molecular weight excluding hydrogens is 338 g/mol. The van der Waals surface area contributed by atoms with E-state index in [9.17, 15) is 12.8 Å². The van der Waals surface area contributed by atoms with Crippen LogP contribution in [0, 0.1) is 12.7 Å². The summed E-state index contributed by atoms with van der Waals surface area (Å²) in [6.07, 6.45) is 0. The first-order valence-electron chi connectivity index (χ1n) is 5.90. The van der Waals surface area contributed by atoms with E-state index < -0.39 is 14.9 Å². The summed E-state index contributed by atoms with van der Waals surface area (Å²) in [6.45, 7) is 1.54. The molecule has 0 spiro atoms. The van der Waals surface area contributed by atoms with Crippen molar-refractivity contribution in [1.82, 2.24) is 0 Å². The highest BCUT2D eigenvalue weighted by molar-refractivity contribution is 8.13. The highest BCUT2D eigenvalue weighted by atomic mass is 35.7. The first-order valence-corrected chi connectivity index (χ1v) is 8.59. The summed E-state index contributed by atoms with van der Waals surface area (Å²) in [6, 6.07) is 8.68. The van der Waals surface area contributed by atoms with E-state index >= 15 is 0 Å². The van der Waals surface area contributed by atoms with Crippen molar-refractivity contribution in [2.45, 2.75) is 18.4 Å². The van der Waals surface area contributed by atoms with E-state index in [0.29, 0.717) is 11.3 Å². The molecule has 3 nitrogen and oxygen atoms in total. The van der Waals surface area contributed by atoms with Crippen LogP contribution in [-0.4, -0.2) is 8.42 Å². The second-order valence-corrected chi connectivity index (χ2v) is 7.30. The van der Waals surface area contributed by atoms with Crippen molar-refractivity contribution in [3.8, 4) is 5.75 Å². The summed E-state index contributed by atoms with van der Waals surface area (Å²) in [7, 11) is 1.50. The van der Waals surface area contributed by atoms with Crippen molar-refractivity contribution in [3.63, 3.8) is 0 Å². The highest BCUT2D eigenvalue weighted by Crippen LogP contribution is 2.26. The first kappa shape index (κ1) is 16.1. The maximum absolute atomic E-state index is 13.6. The Morgan fingerprint density at radius 3 is 2.52 bits per heavy atom. The largest absolute Gasteiger partial charge is 0.489 e. The molecule has 0 bridgehead atoms. The van der Waals surface area contributed by atoms with Gasteiger partial charge in [0.25, 0.3) is 9.05 Å². The molecule has 0 aliphatic heterocycles. The van der Waals surface area contributed by atoms with E-state index in [2.05, 4.69) is 0 Å². The molecule has 0 atom stereocenters. The van der Waals surface area contributed by atoms with Gasteiger partial charge in [0, 0.05) is 16.2 Å². The van der Waals surface area contributed by atoms with E-state index in [4.69, 9.17) is 27.0 Å². The monoisotopic (exact) mass is 348 g/mol. The van der Waals surface area contributed by atoms with Gasteiger partial charge in [0.05, 0.1) is 9.92 Å². The zero-order valence-corrected chi connectivity index (χ0v) is 13.3. The minimum absolute atomic E-state index is 0.0143. The molecule has 0 radical (unpaired) electrons. The van der Waals surface area contributed by atoms with Gasteiger partial charge >= 0.3 is 0 Å². The van der Waals surface area contributed by atoms with E-state index in [1.807, 2.05) is 0 Å². The van der Waals surface area contributed by atoms with Gasteiger partial charge < -0.3 is 4.74 Å². The number of halogens is 3. The molecule has 0 aromatic heterocycles. The fourth-order valence-electron chi connectivity index (χ4n) is 1.81. The number of aryl methyl sites for hydroxylation is 1. The third-order valence-corrected chi connectivity index (χ3v) is 4.69. The lowest BCUT2D eigenvalue weighted by Crippen LogP contribution is -2.01. The lowest BCUT2D eigenvalue weighted by Gasteiger charge is -2.10. The van der Waals surface area contributed by atoms with Crippen LogP contribution >= 0.6 is 22.3 Å². The molecule has 0 unspecified atom stereocenters. The van der Waals surface area contributed by atoms with E-state index in [0.717, 1.165) is 0 Å². The molecule has 112 valence electrons. The normalized spacial score (nSPS) is 11.4. The molecule has 0 aliphatic rings. The van der Waals surface area contributed by atoms with Crippen LogP contribution in [0.15, 0.2) is 41.3 Å². The van der Waals surface area contributed by atoms with Crippen LogP contribution in [0.1, 0.15) is 11.1 Å². The minimum atomic E-state index is -3.80. The average molecular weight is 349 g/mol. The summed E-state index contributed by atoms with van der Waals surface area (Å²) in [5.41, 5.74) is 0.688. The van der Waals surface area contributed by atoms with Crippen LogP contribution in [0.4, 0.5) is 4.39 Å². The van der Waals surface area contributed by atoms with Crippen molar-refractivity contribution in [2.75, 3.05) is 0 Å². The molecule has 2 rings (SSSR count). The van der Waals surface area contributed by atoms with E-state index in [1.165, 1.54) is 30.3 Å². The summed E-state index contributed by atoms with van der Waals surface area (Å²) >= 11 is 5.90.